The Labute approximate surface area is 108 Å². The predicted molar refractivity (Wildman–Crippen MR) is 76.4 cm³/mol. The highest BCUT2D eigenvalue weighted by molar-refractivity contribution is 4.50. The molecule has 0 atom stereocenters. The van der Waals surface area contributed by atoms with Crippen LogP contribution < -0.4 is 5.32 Å². The normalized spacial score (nSPS) is 10.9. The van der Waals surface area contributed by atoms with Gasteiger partial charge in [0, 0.05) is 6.61 Å². The van der Waals surface area contributed by atoms with E-state index < -0.39 is 0 Å². The maximum atomic E-state index is 8.64. The van der Waals surface area contributed by atoms with Gasteiger partial charge in [-0.3, -0.25) is 0 Å². The lowest BCUT2D eigenvalue weighted by molar-refractivity contribution is 0.282. The largest absolute Gasteiger partial charge is 0.396 e. The van der Waals surface area contributed by atoms with E-state index in [0.717, 1.165) is 6.42 Å². The maximum Gasteiger partial charge on any atom is 0.0431 e. The van der Waals surface area contributed by atoms with Crippen molar-refractivity contribution in [2.75, 3.05) is 19.7 Å². The molecule has 0 unspecified atom stereocenters. The SMILES string of the molecule is CCCNCCCCCCCCCCCCO. The van der Waals surface area contributed by atoms with E-state index in [4.69, 9.17) is 5.11 Å². The Morgan fingerprint density at radius 3 is 1.59 bits per heavy atom. The van der Waals surface area contributed by atoms with Gasteiger partial charge in [0.2, 0.25) is 0 Å². The lowest BCUT2D eigenvalue weighted by atomic mass is 10.1. The van der Waals surface area contributed by atoms with Crippen LogP contribution in [0.3, 0.4) is 0 Å². The molecule has 104 valence electrons. The minimum Gasteiger partial charge on any atom is -0.396 e. The van der Waals surface area contributed by atoms with E-state index in [0.29, 0.717) is 6.61 Å². The van der Waals surface area contributed by atoms with Gasteiger partial charge >= 0.3 is 0 Å². The van der Waals surface area contributed by atoms with Crippen LogP contribution in [0.1, 0.15) is 77.6 Å². The van der Waals surface area contributed by atoms with Gasteiger partial charge in [0.15, 0.2) is 0 Å². The first-order chi connectivity index (χ1) is 8.41. The van der Waals surface area contributed by atoms with Crippen LogP contribution in [0.25, 0.3) is 0 Å². The third kappa shape index (κ3) is 15.9. The smallest absolute Gasteiger partial charge is 0.0431 e. The van der Waals surface area contributed by atoms with Crippen molar-refractivity contribution in [3.8, 4) is 0 Å². The van der Waals surface area contributed by atoms with Crippen molar-refractivity contribution in [2.24, 2.45) is 0 Å². The van der Waals surface area contributed by atoms with Crippen molar-refractivity contribution in [3.63, 3.8) is 0 Å². The third-order valence-corrected chi connectivity index (χ3v) is 3.19. The Hall–Kier alpha value is -0.0800. The molecule has 0 spiro atoms. The molecule has 0 aromatic carbocycles. The summed E-state index contributed by atoms with van der Waals surface area (Å²) >= 11 is 0. The van der Waals surface area contributed by atoms with Gasteiger partial charge < -0.3 is 10.4 Å². The van der Waals surface area contributed by atoms with Crippen molar-refractivity contribution in [2.45, 2.75) is 77.6 Å². The van der Waals surface area contributed by atoms with Gasteiger partial charge in [0.05, 0.1) is 0 Å². The first kappa shape index (κ1) is 16.9. The molecule has 0 aromatic rings. The molecule has 0 aliphatic carbocycles. The minimum atomic E-state index is 0.367. The Morgan fingerprint density at radius 2 is 1.12 bits per heavy atom. The average Bonchev–Trinajstić information content (AvgIpc) is 2.35. The van der Waals surface area contributed by atoms with E-state index in [-0.39, 0.29) is 0 Å². The Balaban J connectivity index is 2.85. The Bertz CT molecular complexity index is 114. The van der Waals surface area contributed by atoms with Gasteiger partial charge in [-0.25, -0.2) is 0 Å². The summed E-state index contributed by atoms with van der Waals surface area (Å²) in [5.41, 5.74) is 0. The van der Waals surface area contributed by atoms with Gasteiger partial charge in [-0.1, -0.05) is 58.3 Å². The number of nitrogens with one attached hydrogen (secondary N) is 1. The first-order valence-corrected chi connectivity index (χ1v) is 7.73. The maximum absolute atomic E-state index is 8.64. The van der Waals surface area contributed by atoms with E-state index in [2.05, 4.69) is 12.2 Å². The Morgan fingerprint density at radius 1 is 0.647 bits per heavy atom. The Kier molecular flexibility index (Phi) is 15.8. The molecule has 2 N–H and O–H groups in total. The van der Waals surface area contributed by atoms with Crippen molar-refractivity contribution < 1.29 is 5.11 Å². The van der Waals surface area contributed by atoms with Gasteiger partial charge in [-0.15, -0.1) is 0 Å². The fourth-order valence-electron chi connectivity index (χ4n) is 2.08. The predicted octanol–water partition coefficient (Wildman–Crippen LogP) is 3.88. The molecule has 2 heteroatoms. The molecule has 0 radical (unpaired) electrons. The van der Waals surface area contributed by atoms with E-state index in [1.165, 1.54) is 77.3 Å². The summed E-state index contributed by atoms with van der Waals surface area (Å²) in [6.45, 7) is 4.96. The summed E-state index contributed by atoms with van der Waals surface area (Å²) in [5.74, 6) is 0. The molecule has 2 nitrogen and oxygen atoms in total. The number of hydrogen-bond donors (Lipinski definition) is 2. The van der Waals surface area contributed by atoms with Crippen LogP contribution in [0.4, 0.5) is 0 Å². The number of rotatable bonds is 14. The fraction of sp³-hybridized carbons (Fsp3) is 1.00. The highest BCUT2D eigenvalue weighted by Gasteiger charge is 1.92. The van der Waals surface area contributed by atoms with Gasteiger partial charge in [-0.2, -0.15) is 0 Å². The second kappa shape index (κ2) is 15.9. The highest BCUT2D eigenvalue weighted by Crippen LogP contribution is 2.10. The lowest BCUT2D eigenvalue weighted by Gasteiger charge is -2.03. The fourth-order valence-corrected chi connectivity index (χ4v) is 2.08. The van der Waals surface area contributed by atoms with Crippen LogP contribution in [0.5, 0.6) is 0 Å². The van der Waals surface area contributed by atoms with Gasteiger partial charge in [0.1, 0.15) is 0 Å². The minimum absolute atomic E-state index is 0.367. The topological polar surface area (TPSA) is 32.3 Å². The van der Waals surface area contributed by atoms with E-state index in [9.17, 15) is 0 Å². The van der Waals surface area contributed by atoms with Crippen LogP contribution in [0, 0.1) is 0 Å². The molecule has 0 aliphatic heterocycles. The number of aliphatic hydroxyl groups excluding tert-OH is 1. The number of aliphatic hydroxyl groups is 1. The van der Waals surface area contributed by atoms with Crippen LogP contribution in [-0.2, 0) is 0 Å². The zero-order valence-electron chi connectivity index (χ0n) is 11.8. The molecular formula is C15H33NO. The summed E-state index contributed by atoms with van der Waals surface area (Å²) in [7, 11) is 0. The molecule has 0 heterocycles. The van der Waals surface area contributed by atoms with E-state index in [1.54, 1.807) is 0 Å². The standard InChI is InChI=1S/C15H33NO/c1-2-13-16-14-11-9-7-5-3-4-6-8-10-12-15-17/h16-17H,2-15H2,1H3. The summed E-state index contributed by atoms with van der Waals surface area (Å²) in [5, 5.41) is 12.1. The highest BCUT2D eigenvalue weighted by atomic mass is 16.2. The summed E-state index contributed by atoms with van der Waals surface area (Å²) in [6, 6.07) is 0. The van der Waals surface area contributed by atoms with Crippen LogP contribution in [0.15, 0.2) is 0 Å². The van der Waals surface area contributed by atoms with Crippen molar-refractivity contribution in [1.82, 2.24) is 5.32 Å². The molecule has 0 bridgehead atoms. The van der Waals surface area contributed by atoms with Crippen LogP contribution in [0.2, 0.25) is 0 Å². The van der Waals surface area contributed by atoms with Crippen molar-refractivity contribution >= 4 is 0 Å². The number of hydrogen-bond acceptors (Lipinski definition) is 2. The summed E-state index contributed by atoms with van der Waals surface area (Å²) in [6.07, 6.45) is 14.5. The molecule has 0 aliphatic rings. The lowest BCUT2D eigenvalue weighted by Crippen LogP contribution is -2.15. The molecule has 0 saturated heterocycles. The monoisotopic (exact) mass is 243 g/mol. The molecule has 17 heavy (non-hydrogen) atoms. The quantitative estimate of drug-likeness (QED) is 0.454. The first-order valence-electron chi connectivity index (χ1n) is 7.73. The molecule has 0 saturated carbocycles. The third-order valence-electron chi connectivity index (χ3n) is 3.19. The van der Waals surface area contributed by atoms with Crippen molar-refractivity contribution in [1.29, 1.82) is 0 Å². The average molecular weight is 243 g/mol. The molecule has 0 rings (SSSR count). The van der Waals surface area contributed by atoms with Crippen LogP contribution >= 0.6 is 0 Å². The molecule has 0 amide bonds. The molecule has 0 fully saturated rings. The van der Waals surface area contributed by atoms with Crippen molar-refractivity contribution in [3.05, 3.63) is 0 Å². The molecular weight excluding hydrogens is 210 g/mol. The second-order valence-electron chi connectivity index (χ2n) is 5.01. The summed E-state index contributed by atoms with van der Waals surface area (Å²) in [4.78, 5) is 0. The number of unbranched alkanes of at least 4 members (excludes halogenated alkanes) is 9. The zero-order valence-corrected chi connectivity index (χ0v) is 11.8. The van der Waals surface area contributed by atoms with E-state index >= 15 is 0 Å². The van der Waals surface area contributed by atoms with E-state index in [1.807, 2.05) is 0 Å². The second-order valence-corrected chi connectivity index (χ2v) is 5.01. The van der Waals surface area contributed by atoms with Crippen LogP contribution in [-0.4, -0.2) is 24.8 Å². The molecule has 0 aromatic heterocycles. The van der Waals surface area contributed by atoms with Gasteiger partial charge in [0.25, 0.3) is 0 Å². The van der Waals surface area contributed by atoms with Gasteiger partial charge in [-0.05, 0) is 32.4 Å². The zero-order chi connectivity index (χ0) is 12.6. The summed E-state index contributed by atoms with van der Waals surface area (Å²) < 4.78 is 0.